The molecule has 0 N–H and O–H groups in total. The summed E-state index contributed by atoms with van der Waals surface area (Å²) in [5.74, 6) is -0.571. The molecule has 4 rings (SSSR count). The van der Waals surface area contributed by atoms with Crippen LogP contribution in [0.4, 0.5) is 0 Å². The Morgan fingerprint density at radius 3 is 2.70 bits per heavy atom. The minimum atomic E-state index is -0.571. The monoisotopic (exact) mass is 482 g/mol. The van der Waals surface area contributed by atoms with Gasteiger partial charge in [-0.25, -0.2) is 14.3 Å². The lowest BCUT2D eigenvalue weighted by Gasteiger charge is -2.06. The van der Waals surface area contributed by atoms with Crippen LogP contribution in [0.15, 0.2) is 63.8 Å². The molecule has 0 aliphatic rings. The predicted molar refractivity (Wildman–Crippen MR) is 129 cm³/mol. The average Bonchev–Trinajstić information content (AvgIpc) is 3.04. The molecule has 2 aromatic carbocycles. The van der Waals surface area contributed by atoms with Crippen LogP contribution in [-0.4, -0.2) is 15.7 Å². The highest BCUT2D eigenvalue weighted by Crippen LogP contribution is 2.24. The average molecular weight is 483 g/mol. The molecule has 168 valence electrons. The van der Waals surface area contributed by atoms with Gasteiger partial charge in [0.1, 0.15) is 17.3 Å². The zero-order valence-electron chi connectivity index (χ0n) is 18.0. The van der Waals surface area contributed by atoms with Crippen LogP contribution in [0.2, 0.25) is 10.2 Å². The molecule has 0 radical (unpaired) electrons. The molecule has 0 unspecified atom stereocenters. The Hall–Kier alpha value is -3.35. The lowest BCUT2D eigenvalue weighted by Crippen LogP contribution is -2.05. The third-order valence-corrected chi connectivity index (χ3v) is 5.90. The zero-order valence-corrected chi connectivity index (χ0v) is 19.5. The molecule has 0 atom stereocenters. The van der Waals surface area contributed by atoms with E-state index in [0.29, 0.717) is 39.1 Å². The number of aromatic nitrogens is 2. The van der Waals surface area contributed by atoms with E-state index >= 15 is 0 Å². The zero-order chi connectivity index (χ0) is 23.5. The maximum atomic E-state index is 12.3. The predicted octanol–water partition coefficient (Wildman–Crippen LogP) is 5.72. The van der Waals surface area contributed by atoms with Crippen molar-refractivity contribution in [2.45, 2.75) is 27.0 Å². The number of rotatable bonds is 6. The number of benzene rings is 2. The van der Waals surface area contributed by atoms with Gasteiger partial charge in [0, 0.05) is 33.7 Å². The van der Waals surface area contributed by atoms with Crippen molar-refractivity contribution in [3.05, 3.63) is 103 Å². The van der Waals surface area contributed by atoms with E-state index in [1.807, 2.05) is 37.3 Å². The summed E-state index contributed by atoms with van der Waals surface area (Å²) < 4.78 is 12.2. The van der Waals surface area contributed by atoms with Crippen LogP contribution in [0.5, 0.6) is 0 Å². The molecule has 0 bridgehead atoms. The maximum absolute atomic E-state index is 12.3. The van der Waals surface area contributed by atoms with E-state index in [-0.39, 0.29) is 6.61 Å². The molecule has 0 saturated carbocycles. The molecular weight excluding hydrogens is 463 g/mol. The van der Waals surface area contributed by atoms with Gasteiger partial charge in [0.25, 0.3) is 0 Å². The minimum Gasteiger partial charge on any atom is -0.458 e. The number of nitrogens with zero attached hydrogens (tertiary/aromatic N) is 2. The standard InChI is InChI=1S/C25H20Cl2N2O4/c1-15-7-8-20-18(12-24(31)33-22(20)11-15)14-32-23(30)10-9-19-16(2)28-29(25(19)27)13-17-5-3-4-6-21(17)26/h3-12H,13-14H2,1-2H3. The van der Waals surface area contributed by atoms with Gasteiger partial charge in [-0.1, -0.05) is 53.5 Å². The summed E-state index contributed by atoms with van der Waals surface area (Å²) in [4.78, 5) is 24.2. The first kappa shape index (κ1) is 22.8. The van der Waals surface area contributed by atoms with Gasteiger partial charge in [-0.2, -0.15) is 5.10 Å². The van der Waals surface area contributed by atoms with Gasteiger partial charge < -0.3 is 9.15 Å². The fraction of sp³-hybridized carbons (Fsp3) is 0.160. The summed E-state index contributed by atoms with van der Waals surface area (Å²) in [6.07, 6.45) is 2.85. The Morgan fingerprint density at radius 2 is 1.91 bits per heavy atom. The highest BCUT2D eigenvalue weighted by atomic mass is 35.5. The van der Waals surface area contributed by atoms with Crippen LogP contribution < -0.4 is 5.63 Å². The molecule has 2 heterocycles. The smallest absolute Gasteiger partial charge is 0.336 e. The van der Waals surface area contributed by atoms with Crippen molar-refractivity contribution in [3.63, 3.8) is 0 Å². The number of carbonyl (C=O) groups excluding carboxylic acids is 1. The molecule has 0 amide bonds. The van der Waals surface area contributed by atoms with Gasteiger partial charge in [0.2, 0.25) is 0 Å². The van der Waals surface area contributed by atoms with Gasteiger partial charge >= 0.3 is 11.6 Å². The summed E-state index contributed by atoms with van der Waals surface area (Å²) in [7, 11) is 0. The van der Waals surface area contributed by atoms with E-state index < -0.39 is 11.6 Å². The highest BCUT2D eigenvalue weighted by Gasteiger charge is 2.13. The number of esters is 1. The van der Waals surface area contributed by atoms with Crippen molar-refractivity contribution in [3.8, 4) is 0 Å². The van der Waals surface area contributed by atoms with E-state index in [2.05, 4.69) is 5.10 Å². The normalized spacial score (nSPS) is 11.4. The number of ether oxygens (including phenoxy) is 1. The summed E-state index contributed by atoms with van der Waals surface area (Å²) in [5.41, 5.74) is 3.66. The molecule has 2 aromatic heterocycles. The first-order chi connectivity index (χ1) is 15.8. The van der Waals surface area contributed by atoms with Gasteiger partial charge in [0.05, 0.1) is 12.2 Å². The lowest BCUT2D eigenvalue weighted by molar-refractivity contribution is -0.138. The van der Waals surface area contributed by atoms with Crippen molar-refractivity contribution in [1.82, 2.24) is 9.78 Å². The molecule has 4 aromatic rings. The lowest BCUT2D eigenvalue weighted by atomic mass is 10.1. The van der Waals surface area contributed by atoms with Gasteiger partial charge in [0.15, 0.2) is 0 Å². The van der Waals surface area contributed by atoms with Gasteiger partial charge in [-0.15, -0.1) is 0 Å². The van der Waals surface area contributed by atoms with E-state index in [4.69, 9.17) is 32.4 Å². The largest absolute Gasteiger partial charge is 0.458 e. The Balaban J connectivity index is 1.48. The van der Waals surface area contributed by atoms with E-state index in [1.54, 1.807) is 29.8 Å². The van der Waals surface area contributed by atoms with Gasteiger partial charge in [-0.3, -0.25) is 0 Å². The molecule has 33 heavy (non-hydrogen) atoms. The Labute approximate surface area is 200 Å². The summed E-state index contributed by atoms with van der Waals surface area (Å²) in [6, 6.07) is 14.3. The number of fused-ring (bicyclic) bond motifs is 1. The SMILES string of the molecule is Cc1ccc2c(COC(=O)C=Cc3c(C)nn(Cc4ccccc4Cl)c3Cl)cc(=O)oc2c1. The number of hydrogen-bond donors (Lipinski definition) is 0. The molecule has 0 saturated heterocycles. The number of aryl methyl sites for hydroxylation is 2. The van der Waals surface area contributed by atoms with E-state index in [1.165, 1.54) is 12.1 Å². The topological polar surface area (TPSA) is 74.3 Å². The second-order valence-corrected chi connectivity index (χ2v) is 8.34. The van der Waals surface area contributed by atoms with Crippen LogP contribution in [0.1, 0.15) is 27.9 Å². The van der Waals surface area contributed by atoms with Crippen molar-refractivity contribution < 1.29 is 13.9 Å². The number of halogens is 2. The van der Waals surface area contributed by atoms with Crippen molar-refractivity contribution in [2.24, 2.45) is 0 Å². The minimum absolute atomic E-state index is 0.0627. The van der Waals surface area contributed by atoms with Gasteiger partial charge in [-0.05, 0) is 43.2 Å². The fourth-order valence-electron chi connectivity index (χ4n) is 3.45. The first-order valence-electron chi connectivity index (χ1n) is 10.2. The van der Waals surface area contributed by atoms with Crippen molar-refractivity contribution in [2.75, 3.05) is 0 Å². The van der Waals surface area contributed by atoms with Crippen molar-refractivity contribution >= 4 is 46.2 Å². The van der Waals surface area contributed by atoms with Crippen LogP contribution in [0, 0.1) is 13.8 Å². The number of hydrogen-bond acceptors (Lipinski definition) is 5. The summed E-state index contributed by atoms with van der Waals surface area (Å²) in [5, 5.41) is 6.18. The molecule has 0 spiro atoms. The first-order valence-corrected chi connectivity index (χ1v) is 10.9. The molecule has 8 heteroatoms. The van der Waals surface area contributed by atoms with E-state index in [9.17, 15) is 9.59 Å². The molecule has 6 nitrogen and oxygen atoms in total. The van der Waals surface area contributed by atoms with E-state index in [0.717, 1.165) is 16.5 Å². The summed E-state index contributed by atoms with van der Waals surface area (Å²) >= 11 is 12.7. The second kappa shape index (κ2) is 9.65. The van der Waals surface area contributed by atoms with Crippen LogP contribution >= 0.6 is 23.2 Å². The Bertz CT molecular complexity index is 1440. The molecule has 0 aliphatic carbocycles. The molecule has 0 aliphatic heterocycles. The Morgan fingerprint density at radius 1 is 1.12 bits per heavy atom. The fourth-order valence-corrected chi connectivity index (χ4v) is 3.95. The number of carbonyl (C=O) groups is 1. The van der Waals surface area contributed by atoms with Crippen LogP contribution in [0.3, 0.4) is 0 Å². The molecule has 0 fully saturated rings. The second-order valence-electron chi connectivity index (χ2n) is 7.57. The third-order valence-electron chi connectivity index (χ3n) is 5.13. The van der Waals surface area contributed by atoms with Crippen molar-refractivity contribution in [1.29, 1.82) is 0 Å². The third kappa shape index (κ3) is 5.18. The molecular formula is C25H20Cl2N2O4. The quantitative estimate of drug-likeness (QED) is 0.199. The van der Waals surface area contributed by atoms with Crippen LogP contribution in [0.25, 0.3) is 17.0 Å². The summed E-state index contributed by atoms with van der Waals surface area (Å²) in [6.45, 7) is 4.05. The maximum Gasteiger partial charge on any atom is 0.336 e. The highest BCUT2D eigenvalue weighted by molar-refractivity contribution is 6.32. The Kier molecular flexibility index (Phi) is 6.67. The van der Waals surface area contributed by atoms with Crippen LogP contribution in [-0.2, 0) is 22.7 Å².